The van der Waals surface area contributed by atoms with Crippen LogP contribution in [0.5, 0.6) is 5.75 Å². The molecule has 3 aliphatic rings. The third kappa shape index (κ3) is 4.50. The number of rotatable bonds is 2. The molecule has 3 aliphatic carbocycles. The molecule has 6 N–H and O–H groups in total. The molecular formula is C30H39IN2O8. The second-order valence-electron chi connectivity index (χ2n) is 13.7. The quantitative estimate of drug-likeness (QED) is 0.203. The largest absolute Gasteiger partial charge is 0.510 e. The van der Waals surface area contributed by atoms with E-state index in [4.69, 9.17) is 0 Å². The topological polar surface area (TPSA) is 168 Å². The Morgan fingerprint density at radius 3 is 2.12 bits per heavy atom. The van der Waals surface area contributed by atoms with Gasteiger partial charge in [-0.2, -0.15) is 0 Å². The molecule has 10 nitrogen and oxygen atoms in total. The molecule has 41 heavy (non-hydrogen) atoms. The first kappa shape index (κ1) is 31.5. The molecule has 6 atom stereocenters. The number of likely N-dealkylation sites (N-methyl/N-ethyl adjacent to an activating group) is 1. The molecule has 0 heterocycles. The molecule has 0 saturated heterocycles. The maximum absolute atomic E-state index is 14.1. The molecule has 0 radical (unpaired) electrons. The first-order valence-corrected chi connectivity index (χ1v) is 14.6. The van der Waals surface area contributed by atoms with Gasteiger partial charge in [0.2, 0.25) is 5.78 Å². The fourth-order valence-corrected chi connectivity index (χ4v) is 7.74. The van der Waals surface area contributed by atoms with Gasteiger partial charge in [-0.05, 0) is 80.4 Å². The van der Waals surface area contributed by atoms with E-state index in [2.05, 4.69) is 27.9 Å². The molecule has 4 rings (SSSR count). The number of nitrogens with one attached hydrogen (secondary N) is 1. The van der Waals surface area contributed by atoms with E-state index in [-0.39, 0.29) is 11.3 Å². The number of fused-ring (bicyclic) bond motifs is 3. The maximum Gasteiger partial charge on any atom is 0.258 e. The van der Waals surface area contributed by atoms with Crippen LogP contribution in [0.25, 0.3) is 0 Å². The summed E-state index contributed by atoms with van der Waals surface area (Å²) in [7, 11) is 3.08. The molecule has 0 bridgehead atoms. The highest BCUT2D eigenvalue weighted by atomic mass is 127. The molecule has 1 aromatic rings. The zero-order valence-corrected chi connectivity index (χ0v) is 26.9. The normalized spacial score (nSPS) is 30.3. The van der Waals surface area contributed by atoms with Gasteiger partial charge in [0.1, 0.15) is 22.8 Å². The summed E-state index contributed by atoms with van der Waals surface area (Å²) in [6.45, 7) is 12.4. The SMILES string of the molecule is C[C@H]1c2c(I)cc(C(C)(C)C)c(O)c2C(=O)C2=C(O)[C@]3(O)C(=O)C(C(=O)NC(C)(C)C)=C(O)[C@@H](N(C)C)[C@@H]3[C@@H](O)[C@@H]21. The summed E-state index contributed by atoms with van der Waals surface area (Å²) < 4.78 is 0.681. The summed E-state index contributed by atoms with van der Waals surface area (Å²) in [5.41, 5.74) is -4.49. The van der Waals surface area contributed by atoms with Crippen molar-refractivity contribution in [2.24, 2.45) is 11.8 Å². The smallest absolute Gasteiger partial charge is 0.258 e. The van der Waals surface area contributed by atoms with Crippen LogP contribution in [0.3, 0.4) is 0 Å². The number of Topliss-reactive ketones (excluding diaryl/α,β-unsaturated/α-hetero) is 2. The number of aliphatic hydroxyl groups excluding tert-OH is 3. The number of nitrogens with zero attached hydrogens (tertiary/aromatic N) is 1. The average Bonchev–Trinajstić information content (AvgIpc) is 2.80. The van der Waals surface area contributed by atoms with Gasteiger partial charge in [-0.15, -0.1) is 0 Å². The Labute approximate surface area is 253 Å². The van der Waals surface area contributed by atoms with Crippen molar-refractivity contribution in [3.63, 3.8) is 0 Å². The van der Waals surface area contributed by atoms with Crippen LogP contribution in [0.1, 0.15) is 75.9 Å². The molecule has 0 aromatic heterocycles. The van der Waals surface area contributed by atoms with Crippen LogP contribution in [0, 0.1) is 15.4 Å². The van der Waals surface area contributed by atoms with Crippen LogP contribution < -0.4 is 5.32 Å². The Balaban J connectivity index is 2.04. The van der Waals surface area contributed by atoms with E-state index < -0.39 is 86.6 Å². The van der Waals surface area contributed by atoms with Crippen molar-refractivity contribution in [2.75, 3.05) is 14.1 Å². The Morgan fingerprint density at radius 1 is 1.07 bits per heavy atom. The number of phenolic OH excluding ortho intramolecular Hbond substituents is 1. The molecule has 0 aliphatic heterocycles. The lowest BCUT2D eigenvalue weighted by atomic mass is 9.55. The van der Waals surface area contributed by atoms with E-state index in [1.807, 2.05) is 20.8 Å². The van der Waals surface area contributed by atoms with Crippen molar-refractivity contribution in [2.45, 2.75) is 83.1 Å². The van der Waals surface area contributed by atoms with E-state index in [0.29, 0.717) is 14.7 Å². The lowest BCUT2D eigenvalue weighted by Gasteiger charge is -2.53. The number of phenols is 1. The highest BCUT2D eigenvalue weighted by Crippen LogP contribution is 2.56. The van der Waals surface area contributed by atoms with E-state index in [1.165, 1.54) is 4.90 Å². The van der Waals surface area contributed by atoms with Gasteiger partial charge in [0.25, 0.3) is 5.91 Å². The Kier molecular flexibility index (Phi) is 7.51. The number of carbonyl (C=O) groups is 3. The molecule has 224 valence electrons. The van der Waals surface area contributed by atoms with E-state index >= 15 is 0 Å². The Morgan fingerprint density at radius 2 is 1.63 bits per heavy atom. The van der Waals surface area contributed by atoms with Crippen LogP contribution in [0.15, 0.2) is 28.7 Å². The van der Waals surface area contributed by atoms with Crippen molar-refractivity contribution in [1.29, 1.82) is 0 Å². The van der Waals surface area contributed by atoms with Crippen molar-refractivity contribution in [3.05, 3.63) is 49.0 Å². The summed E-state index contributed by atoms with van der Waals surface area (Å²) in [5, 5.41) is 60.9. The number of hydrogen-bond acceptors (Lipinski definition) is 9. The standard InChI is InChI=1S/C30H39IN2O8/c1-11-14-13(31)10-12(28(2,3)4)21(34)16(14)22(35)17-15(11)23(36)19-20(33(8)9)24(37)18(27(40)32-29(5,6)7)26(39)30(19,41)25(17)38/h10-11,15,19-20,23,34,36-38,41H,1-9H3,(H,32,40)/t11-,15+,19+,20-,23-,30-/m0/s1. The van der Waals surface area contributed by atoms with E-state index in [9.17, 15) is 39.9 Å². The highest BCUT2D eigenvalue weighted by molar-refractivity contribution is 14.1. The van der Waals surface area contributed by atoms with Gasteiger partial charge in [-0.1, -0.05) is 27.7 Å². The minimum absolute atomic E-state index is 0.0575. The number of amides is 1. The molecule has 1 amide bonds. The van der Waals surface area contributed by atoms with Crippen molar-refractivity contribution in [3.8, 4) is 5.75 Å². The number of aromatic hydroxyl groups is 1. The van der Waals surface area contributed by atoms with Gasteiger partial charge >= 0.3 is 0 Å². The van der Waals surface area contributed by atoms with Gasteiger partial charge in [0, 0.05) is 26.2 Å². The van der Waals surface area contributed by atoms with Crippen molar-refractivity contribution >= 4 is 40.1 Å². The fraction of sp³-hybridized carbons (Fsp3) is 0.567. The minimum Gasteiger partial charge on any atom is -0.510 e. The lowest BCUT2D eigenvalue weighted by molar-refractivity contribution is -0.162. The van der Waals surface area contributed by atoms with Crippen LogP contribution in [0.2, 0.25) is 0 Å². The van der Waals surface area contributed by atoms with Crippen LogP contribution >= 0.6 is 22.6 Å². The first-order chi connectivity index (χ1) is 18.6. The zero-order chi connectivity index (χ0) is 31.3. The summed E-state index contributed by atoms with van der Waals surface area (Å²) in [6.07, 6.45) is -1.61. The first-order valence-electron chi connectivity index (χ1n) is 13.5. The van der Waals surface area contributed by atoms with Gasteiger partial charge in [0.15, 0.2) is 11.4 Å². The molecular weight excluding hydrogens is 643 g/mol. The number of carbonyl (C=O) groups excluding carboxylic acids is 3. The minimum atomic E-state index is -2.91. The second-order valence-corrected chi connectivity index (χ2v) is 14.8. The third-order valence-electron chi connectivity index (χ3n) is 8.45. The summed E-state index contributed by atoms with van der Waals surface area (Å²) >= 11 is 2.08. The Bertz CT molecular complexity index is 1430. The van der Waals surface area contributed by atoms with Gasteiger partial charge in [0.05, 0.1) is 23.6 Å². The molecule has 1 aromatic carbocycles. The molecule has 0 spiro atoms. The maximum atomic E-state index is 14.1. The summed E-state index contributed by atoms with van der Waals surface area (Å²) in [6, 6.07) is 0.525. The highest BCUT2D eigenvalue weighted by Gasteiger charge is 2.67. The lowest BCUT2D eigenvalue weighted by Crippen LogP contribution is -2.68. The molecule has 0 fully saturated rings. The van der Waals surface area contributed by atoms with Crippen molar-refractivity contribution in [1.82, 2.24) is 10.2 Å². The van der Waals surface area contributed by atoms with Gasteiger partial charge < -0.3 is 30.8 Å². The van der Waals surface area contributed by atoms with Gasteiger partial charge in [-0.25, -0.2) is 0 Å². The second kappa shape index (κ2) is 9.78. The molecule has 0 unspecified atom stereocenters. The van der Waals surface area contributed by atoms with E-state index in [1.54, 1.807) is 47.9 Å². The van der Waals surface area contributed by atoms with Crippen LogP contribution in [-0.2, 0) is 15.0 Å². The van der Waals surface area contributed by atoms with Crippen LogP contribution in [0.4, 0.5) is 0 Å². The third-order valence-corrected chi connectivity index (χ3v) is 9.35. The predicted octanol–water partition coefficient (Wildman–Crippen LogP) is 2.98. The summed E-state index contributed by atoms with van der Waals surface area (Å²) in [5.74, 6) is -8.26. The molecule has 0 saturated carbocycles. The average molecular weight is 683 g/mol. The van der Waals surface area contributed by atoms with Gasteiger partial charge in [-0.3, -0.25) is 19.3 Å². The number of benzene rings is 1. The van der Waals surface area contributed by atoms with E-state index in [0.717, 1.165) is 0 Å². The fourth-order valence-electron chi connectivity index (χ4n) is 6.67. The van der Waals surface area contributed by atoms with Crippen molar-refractivity contribution < 1.29 is 39.9 Å². The van der Waals surface area contributed by atoms with Crippen LogP contribution in [-0.4, -0.2) is 85.3 Å². The number of hydrogen-bond donors (Lipinski definition) is 6. The monoisotopic (exact) mass is 682 g/mol. The predicted molar refractivity (Wildman–Crippen MR) is 160 cm³/mol. The number of aliphatic hydroxyl groups is 4. The zero-order valence-electron chi connectivity index (χ0n) is 24.8. The summed E-state index contributed by atoms with van der Waals surface area (Å²) in [4.78, 5) is 42.8. The number of ketones is 2. The Hall–Kier alpha value is -2.48. The number of halogens is 1. The molecule has 11 heteroatoms.